The zero-order valence-corrected chi connectivity index (χ0v) is 25.2. The molecule has 3 aromatic rings. The predicted molar refractivity (Wildman–Crippen MR) is 162 cm³/mol. The van der Waals surface area contributed by atoms with E-state index in [0.717, 1.165) is 44.8 Å². The molecule has 3 aromatic carbocycles. The normalized spacial score (nSPS) is 12.8. The Morgan fingerprint density at radius 1 is 0.850 bits per heavy atom. The van der Waals surface area contributed by atoms with Crippen LogP contribution in [0.3, 0.4) is 0 Å². The Bertz CT molecular complexity index is 1390. The number of carbonyl (C=O) groups excluding carboxylic acids is 2. The molecule has 214 valence electrons. The SMILES string of the molecule is CCC(C)NC(=O)C(Cc1ccccc1)N(Cc1ccc(C)cc1)C(=O)CN(c1cc(C)cc(C)c1)S(C)(=O)=O. The van der Waals surface area contributed by atoms with E-state index >= 15 is 0 Å². The lowest BCUT2D eigenvalue weighted by atomic mass is 10.0. The molecular weight excluding hydrogens is 522 g/mol. The van der Waals surface area contributed by atoms with Crippen molar-refractivity contribution in [3.05, 3.63) is 101 Å². The predicted octanol–water partition coefficient (Wildman–Crippen LogP) is 4.93. The van der Waals surface area contributed by atoms with Gasteiger partial charge in [0.05, 0.1) is 11.9 Å². The molecule has 0 aliphatic heterocycles. The van der Waals surface area contributed by atoms with Crippen LogP contribution in [0.1, 0.15) is 48.1 Å². The highest BCUT2D eigenvalue weighted by Gasteiger charge is 2.33. The topological polar surface area (TPSA) is 86.8 Å². The molecule has 2 amide bonds. The highest BCUT2D eigenvalue weighted by atomic mass is 32.2. The number of hydrogen-bond acceptors (Lipinski definition) is 4. The van der Waals surface area contributed by atoms with Crippen LogP contribution in [-0.4, -0.2) is 50.0 Å². The first kappa shape index (κ1) is 30.9. The summed E-state index contributed by atoms with van der Waals surface area (Å²) in [5, 5.41) is 3.05. The maximum absolute atomic E-state index is 14.1. The number of nitrogens with one attached hydrogen (secondary N) is 1. The fourth-order valence-electron chi connectivity index (χ4n) is 4.59. The van der Waals surface area contributed by atoms with Gasteiger partial charge < -0.3 is 10.2 Å². The summed E-state index contributed by atoms with van der Waals surface area (Å²) in [6, 6.07) is 21.9. The van der Waals surface area contributed by atoms with E-state index in [1.54, 1.807) is 12.1 Å². The zero-order chi connectivity index (χ0) is 29.4. The minimum Gasteiger partial charge on any atom is -0.352 e. The number of anilines is 1. The van der Waals surface area contributed by atoms with E-state index < -0.39 is 28.5 Å². The maximum Gasteiger partial charge on any atom is 0.244 e. The highest BCUT2D eigenvalue weighted by molar-refractivity contribution is 7.92. The Morgan fingerprint density at radius 3 is 2.00 bits per heavy atom. The van der Waals surface area contributed by atoms with Crippen molar-refractivity contribution in [2.75, 3.05) is 17.1 Å². The number of benzene rings is 3. The molecule has 7 nitrogen and oxygen atoms in total. The second-order valence-corrected chi connectivity index (χ2v) is 12.6. The van der Waals surface area contributed by atoms with Crippen LogP contribution in [0.15, 0.2) is 72.8 Å². The lowest BCUT2D eigenvalue weighted by Gasteiger charge is -2.34. The highest BCUT2D eigenvalue weighted by Crippen LogP contribution is 2.23. The molecule has 0 bridgehead atoms. The maximum atomic E-state index is 14.1. The van der Waals surface area contributed by atoms with Crippen molar-refractivity contribution in [1.29, 1.82) is 0 Å². The molecule has 0 aliphatic rings. The first-order valence-electron chi connectivity index (χ1n) is 13.6. The van der Waals surface area contributed by atoms with Gasteiger partial charge in [0.15, 0.2) is 0 Å². The lowest BCUT2D eigenvalue weighted by molar-refractivity contribution is -0.140. The van der Waals surface area contributed by atoms with Gasteiger partial charge in [-0.25, -0.2) is 8.42 Å². The Morgan fingerprint density at radius 2 is 1.45 bits per heavy atom. The lowest BCUT2D eigenvalue weighted by Crippen LogP contribution is -2.54. The number of carbonyl (C=O) groups is 2. The third kappa shape index (κ3) is 8.68. The monoisotopic (exact) mass is 563 g/mol. The fourth-order valence-corrected chi connectivity index (χ4v) is 5.43. The standard InChI is InChI=1S/C32H41N3O4S/c1-7-26(5)33-32(37)30(20-27-11-9-8-10-12-27)34(21-28-15-13-23(2)14-16-28)31(36)22-35(40(6,38)39)29-18-24(3)17-25(4)19-29/h8-19,26,30H,7,20-22H2,1-6H3,(H,33,37). The summed E-state index contributed by atoms with van der Waals surface area (Å²) in [6.45, 7) is 9.41. The Balaban J connectivity index is 2.07. The van der Waals surface area contributed by atoms with E-state index in [0.29, 0.717) is 12.1 Å². The summed E-state index contributed by atoms with van der Waals surface area (Å²) in [5.41, 5.74) is 5.04. The number of nitrogens with zero attached hydrogens (tertiary/aromatic N) is 2. The second-order valence-electron chi connectivity index (χ2n) is 10.6. The van der Waals surface area contributed by atoms with E-state index in [-0.39, 0.29) is 18.5 Å². The van der Waals surface area contributed by atoms with Gasteiger partial charge in [-0.2, -0.15) is 0 Å². The summed E-state index contributed by atoms with van der Waals surface area (Å²) in [4.78, 5) is 29.4. The van der Waals surface area contributed by atoms with E-state index in [1.165, 1.54) is 4.90 Å². The van der Waals surface area contributed by atoms with Crippen LogP contribution in [-0.2, 0) is 32.6 Å². The fraction of sp³-hybridized carbons (Fsp3) is 0.375. The average molecular weight is 564 g/mol. The van der Waals surface area contributed by atoms with Crippen molar-refractivity contribution in [3.8, 4) is 0 Å². The van der Waals surface area contributed by atoms with Crippen molar-refractivity contribution in [2.45, 2.75) is 66.1 Å². The van der Waals surface area contributed by atoms with Crippen LogP contribution in [0.5, 0.6) is 0 Å². The van der Waals surface area contributed by atoms with Gasteiger partial charge in [-0.1, -0.05) is 73.2 Å². The molecule has 40 heavy (non-hydrogen) atoms. The number of amides is 2. The molecule has 2 unspecified atom stereocenters. The van der Waals surface area contributed by atoms with Gasteiger partial charge in [-0.15, -0.1) is 0 Å². The molecule has 0 saturated carbocycles. The molecule has 0 aromatic heterocycles. The third-order valence-corrected chi connectivity index (χ3v) is 8.06. The molecule has 0 saturated heterocycles. The second kappa shape index (κ2) is 13.6. The molecular formula is C32H41N3O4S. The summed E-state index contributed by atoms with van der Waals surface area (Å²) in [5.74, 6) is -0.721. The van der Waals surface area contributed by atoms with Crippen LogP contribution in [0.4, 0.5) is 5.69 Å². The summed E-state index contributed by atoms with van der Waals surface area (Å²) >= 11 is 0. The zero-order valence-electron chi connectivity index (χ0n) is 24.3. The molecule has 2 atom stereocenters. The van der Waals surface area contributed by atoms with Crippen LogP contribution >= 0.6 is 0 Å². The summed E-state index contributed by atoms with van der Waals surface area (Å²) in [6.07, 6.45) is 2.13. The molecule has 0 radical (unpaired) electrons. The first-order chi connectivity index (χ1) is 18.9. The Hall–Kier alpha value is -3.65. The summed E-state index contributed by atoms with van der Waals surface area (Å²) in [7, 11) is -3.80. The van der Waals surface area contributed by atoms with Crippen molar-refractivity contribution >= 4 is 27.5 Å². The van der Waals surface area contributed by atoms with Crippen LogP contribution in [0, 0.1) is 20.8 Å². The van der Waals surface area contributed by atoms with Gasteiger partial charge in [0.25, 0.3) is 0 Å². The third-order valence-electron chi connectivity index (χ3n) is 6.92. The largest absolute Gasteiger partial charge is 0.352 e. The van der Waals surface area contributed by atoms with Gasteiger partial charge in [0.1, 0.15) is 12.6 Å². The van der Waals surface area contributed by atoms with Gasteiger partial charge in [0.2, 0.25) is 21.8 Å². The molecule has 0 spiro atoms. The van der Waals surface area contributed by atoms with Gasteiger partial charge in [0, 0.05) is 19.0 Å². The number of sulfonamides is 1. The molecule has 1 N–H and O–H groups in total. The van der Waals surface area contributed by atoms with Gasteiger partial charge in [-0.3, -0.25) is 13.9 Å². The van der Waals surface area contributed by atoms with Crippen molar-refractivity contribution in [1.82, 2.24) is 10.2 Å². The Kier molecular flexibility index (Phi) is 10.5. The van der Waals surface area contributed by atoms with Crippen molar-refractivity contribution in [3.63, 3.8) is 0 Å². The molecule has 0 aliphatic carbocycles. The average Bonchev–Trinajstić information content (AvgIpc) is 2.89. The number of hydrogen-bond donors (Lipinski definition) is 1. The van der Waals surface area contributed by atoms with E-state index in [1.807, 2.05) is 95.3 Å². The molecule has 0 heterocycles. The molecule has 0 fully saturated rings. The van der Waals surface area contributed by atoms with E-state index in [4.69, 9.17) is 0 Å². The van der Waals surface area contributed by atoms with Crippen LogP contribution in [0.2, 0.25) is 0 Å². The molecule has 3 rings (SSSR count). The van der Waals surface area contributed by atoms with Crippen molar-refractivity contribution < 1.29 is 18.0 Å². The Labute approximate surface area is 239 Å². The minimum absolute atomic E-state index is 0.0788. The summed E-state index contributed by atoms with van der Waals surface area (Å²) < 4.78 is 27.1. The van der Waals surface area contributed by atoms with E-state index in [9.17, 15) is 18.0 Å². The van der Waals surface area contributed by atoms with Crippen LogP contribution in [0.25, 0.3) is 0 Å². The number of rotatable bonds is 12. The smallest absolute Gasteiger partial charge is 0.244 e. The van der Waals surface area contributed by atoms with Gasteiger partial charge in [-0.05, 0) is 68.5 Å². The van der Waals surface area contributed by atoms with Crippen LogP contribution < -0.4 is 9.62 Å². The van der Waals surface area contributed by atoms with E-state index in [2.05, 4.69) is 5.32 Å². The quantitative estimate of drug-likeness (QED) is 0.339. The van der Waals surface area contributed by atoms with Crippen molar-refractivity contribution in [2.24, 2.45) is 0 Å². The minimum atomic E-state index is -3.80. The first-order valence-corrected chi connectivity index (χ1v) is 15.5. The molecule has 8 heteroatoms. The number of aryl methyl sites for hydroxylation is 3. The van der Waals surface area contributed by atoms with Gasteiger partial charge >= 0.3 is 0 Å².